The standard InChI is InChI=1S/C25H20F2N4O2/c26-21-8-6-17(12-22(21)27)15-31-10-2-5-20(25(31)33)24(32)30-13-16-3-1-4-18(11-16)19-7-9-23(28)29-14-19/h1-12,14H,13,15H2,(H2,28,29)(H,30,32). The Morgan fingerprint density at radius 3 is 2.55 bits per heavy atom. The van der Waals surface area contributed by atoms with Gasteiger partial charge in [0.2, 0.25) is 0 Å². The zero-order valence-electron chi connectivity index (χ0n) is 17.5. The summed E-state index contributed by atoms with van der Waals surface area (Å²) in [6, 6.07) is 17.5. The van der Waals surface area contributed by atoms with Crippen molar-refractivity contribution in [2.75, 3.05) is 5.73 Å². The number of nitrogens with one attached hydrogen (secondary N) is 1. The summed E-state index contributed by atoms with van der Waals surface area (Å²) in [6.07, 6.45) is 3.16. The second-order valence-corrected chi connectivity index (χ2v) is 7.46. The van der Waals surface area contributed by atoms with Gasteiger partial charge in [-0.05, 0) is 59.2 Å². The van der Waals surface area contributed by atoms with Crippen molar-refractivity contribution in [3.63, 3.8) is 0 Å². The van der Waals surface area contributed by atoms with Crippen LogP contribution in [0, 0.1) is 11.6 Å². The van der Waals surface area contributed by atoms with E-state index in [0.717, 1.165) is 28.8 Å². The number of hydrogen-bond donors (Lipinski definition) is 2. The van der Waals surface area contributed by atoms with E-state index in [-0.39, 0.29) is 18.7 Å². The number of pyridine rings is 2. The second-order valence-electron chi connectivity index (χ2n) is 7.46. The third-order valence-electron chi connectivity index (χ3n) is 5.10. The average Bonchev–Trinajstić information content (AvgIpc) is 2.82. The number of rotatable bonds is 6. The molecule has 2 aromatic heterocycles. The van der Waals surface area contributed by atoms with Gasteiger partial charge in [-0.1, -0.05) is 24.3 Å². The largest absolute Gasteiger partial charge is 0.384 e. The fourth-order valence-corrected chi connectivity index (χ4v) is 3.38. The van der Waals surface area contributed by atoms with E-state index in [1.807, 2.05) is 30.3 Å². The van der Waals surface area contributed by atoms with Crippen LogP contribution >= 0.6 is 0 Å². The molecule has 4 aromatic rings. The number of halogens is 2. The molecule has 0 aliphatic heterocycles. The molecule has 0 aliphatic rings. The maximum Gasteiger partial charge on any atom is 0.263 e. The number of amides is 1. The highest BCUT2D eigenvalue weighted by Crippen LogP contribution is 2.20. The highest BCUT2D eigenvalue weighted by atomic mass is 19.2. The minimum absolute atomic E-state index is 0.00875. The number of nitrogen functional groups attached to an aromatic ring is 1. The molecule has 166 valence electrons. The topological polar surface area (TPSA) is 90.0 Å². The lowest BCUT2D eigenvalue weighted by atomic mass is 10.0. The lowest BCUT2D eigenvalue weighted by Gasteiger charge is -2.10. The molecule has 0 atom stereocenters. The number of carbonyl (C=O) groups is 1. The van der Waals surface area contributed by atoms with Crippen LogP contribution in [0.5, 0.6) is 0 Å². The van der Waals surface area contributed by atoms with Crippen LogP contribution in [0.2, 0.25) is 0 Å². The van der Waals surface area contributed by atoms with E-state index in [1.165, 1.54) is 22.9 Å². The maximum atomic E-state index is 13.5. The number of nitrogens with zero attached hydrogens (tertiary/aromatic N) is 2. The zero-order valence-corrected chi connectivity index (χ0v) is 17.5. The smallest absolute Gasteiger partial charge is 0.263 e. The Kier molecular flexibility index (Phi) is 6.26. The van der Waals surface area contributed by atoms with Gasteiger partial charge in [-0.2, -0.15) is 0 Å². The zero-order chi connectivity index (χ0) is 23.4. The predicted octanol–water partition coefficient (Wildman–Crippen LogP) is 3.75. The van der Waals surface area contributed by atoms with Crippen LogP contribution in [0.3, 0.4) is 0 Å². The van der Waals surface area contributed by atoms with E-state index in [9.17, 15) is 18.4 Å². The molecule has 0 spiro atoms. The van der Waals surface area contributed by atoms with Crippen molar-refractivity contribution in [1.82, 2.24) is 14.9 Å². The summed E-state index contributed by atoms with van der Waals surface area (Å²) in [5, 5.41) is 2.75. The first-order chi connectivity index (χ1) is 15.9. The highest BCUT2D eigenvalue weighted by molar-refractivity contribution is 5.93. The summed E-state index contributed by atoms with van der Waals surface area (Å²) < 4.78 is 27.9. The lowest BCUT2D eigenvalue weighted by Crippen LogP contribution is -2.32. The Morgan fingerprint density at radius 2 is 1.79 bits per heavy atom. The van der Waals surface area contributed by atoms with E-state index in [4.69, 9.17) is 5.73 Å². The highest BCUT2D eigenvalue weighted by Gasteiger charge is 2.13. The van der Waals surface area contributed by atoms with E-state index in [1.54, 1.807) is 18.3 Å². The number of carbonyl (C=O) groups excluding carboxylic acids is 1. The Bertz CT molecular complexity index is 1370. The molecule has 2 aromatic carbocycles. The molecule has 8 heteroatoms. The monoisotopic (exact) mass is 446 g/mol. The third-order valence-corrected chi connectivity index (χ3v) is 5.10. The van der Waals surface area contributed by atoms with Gasteiger partial charge in [-0.15, -0.1) is 0 Å². The number of aromatic nitrogens is 2. The number of benzene rings is 2. The molecular formula is C25H20F2N4O2. The van der Waals surface area contributed by atoms with Crippen molar-refractivity contribution in [3.8, 4) is 11.1 Å². The molecular weight excluding hydrogens is 426 g/mol. The molecule has 0 saturated heterocycles. The van der Waals surface area contributed by atoms with Gasteiger partial charge in [0.15, 0.2) is 11.6 Å². The van der Waals surface area contributed by atoms with E-state index < -0.39 is 23.1 Å². The van der Waals surface area contributed by atoms with Crippen LogP contribution in [-0.4, -0.2) is 15.5 Å². The van der Waals surface area contributed by atoms with Gasteiger partial charge in [0.1, 0.15) is 11.4 Å². The molecule has 4 rings (SSSR count). The van der Waals surface area contributed by atoms with Crippen molar-refractivity contribution < 1.29 is 13.6 Å². The van der Waals surface area contributed by atoms with Crippen LogP contribution in [0.1, 0.15) is 21.5 Å². The summed E-state index contributed by atoms with van der Waals surface area (Å²) in [5.74, 6) is -2.05. The number of nitrogens with two attached hydrogens (primary N) is 1. The average molecular weight is 446 g/mol. The van der Waals surface area contributed by atoms with Crippen LogP contribution in [0.15, 0.2) is 83.9 Å². The first-order valence-corrected chi connectivity index (χ1v) is 10.1. The van der Waals surface area contributed by atoms with E-state index >= 15 is 0 Å². The van der Waals surface area contributed by atoms with Gasteiger partial charge in [0.05, 0.1) is 6.54 Å². The first-order valence-electron chi connectivity index (χ1n) is 10.1. The molecule has 0 fully saturated rings. The first kappa shape index (κ1) is 21.9. The van der Waals surface area contributed by atoms with Crippen molar-refractivity contribution >= 4 is 11.7 Å². The fraction of sp³-hybridized carbons (Fsp3) is 0.0800. The van der Waals surface area contributed by atoms with Crippen LogP contribution in [0.25, 0.3) is 11.1 Å². The van der Waals surface area contributed by atoms with Gasteiger partial charge < -0.3 is 15.6 Å². The predicted molar refractivity (Wildman–Crippen MR) is 121 cm³/mol. The number of hydrogen-bond acceptors (Lipinski definition) is 4. The Morgan fingerprint density at radius 1 is 0.939 bits per heavy atom. The van der Waals surface area contributed by atoms with Crippen molar-refractivity contribution in [1.29, 1.82) is 0 Å². The summed E-state index contributed by atoms with van der Waals surface area (Å²) in [5.41, 5.74) is 8.12. The third kappa shape index (κ3) is 5.12. The maximum absolute atomic E-state index is 13.5. The van der Waals surface area contributed by atoms with Gasteiger partial charge in [-0.3, -0.25) is 9.59 Å². The van der Waals surface area contributed by atoms with Crippen LogP contribution in [-0.2, 0) is 13.1 Å². The molecule has 3 N–H and O–H groups in total. The molecule has 0 aliphatic carbocycles. The Hall–Kier alpha value is -4.33. The molecule has 6 nitrogen and oxygen atoms in total. The Balaban J connectivity index is 1.47. The van der Waals surface area contributed by atoms with Gasteiger partial charge in [0.25, 0.3) is 11.5 Å². The molecule has 0 radical (unpaired) electrons. The SMILES string of the molecule is Nc1ccc(-c2cccc(CNC(=O)c3cccn(Cc4ccc(F)c(F)c4)c3=O)c2)cn1. The normalized spacial score (nSPS) is 10.7. The molecule has 1 amide bonds. The molecule has 0 unspecified atom stereocenters. The quantitative estimate of drug-likeness (QED) is 0.472. The van der Waals surface area contributed by atoms with Crippen molar-refractivity contribution in [2.24, 2.45) is 0 Å². The van der Waals surface area contributed by atoms with Gasteiger partial charge in [-0.25, -0.2) is 13.8 Å². The summed E-state index contributed by atoms with van der Waals surface area (Å²) >= 11 is 0. The van der Waals surface area contributed by atoms with E-state index in [2.05, 4.69) is 10.3 Å². The lowest BCUT2D eigenvalue weighted by molar-refractivity contribution is 0.0949. The van der Waals surface area contributed by atoms with E-state index in [0.29, 0.717) is 11.4 Å². The van der Waals surface area contributed by atoms with Crippen molar-refractivity contribution in [3.05, 3.63) is 118 Å². The van der Waals surface area contributed by atoms with Crippen LogP contribution < -0.4 is 16.6 Å². The molecule has 0 saturated carbocycles. The van der Waals surface area contributed by atoms with Gasteiger partial charge in [0, 0.05) is 24.5 Å². The number of anilines is 1. The summed E-state index contributed by atoms with van der Waals surface area (Å²) in [7, 11) is 0. The Labute approximate surface area is 188 Å². The molecule has 33 heavy (non-hydrogen) atoms. The minimum Gasteiger partial charge on any atom is -0.384 e. The van der Waals surface area contributed by atoms with Crippen molar-refractivity contribution in [2.45, 2.75) is 13.1 Å². The molecule has 2 heterocycles. The minimum atomic E-state index is -0.994. The summed E-state index contributed by atoms with van der Waals surface area (Å²) in [4.78, 5) is 29.5. The second kappa shape index (κ2) is 9.44. The summed E-state index contributed by atoms with van der Waals surface area (Å²) in [6.45, 7) is 0.224. The fourth-order valence-electron chi connectivity index (χ4n) is 3.38. The van der Waals surface area contributed by atoms with Gasteiger partial charge >= 0.3 is 0 Å². The molecule has 0 bridgehead atoms. The van der Waals surface area contributed by atoms with Crippen LogP contribution in [0.4, 0.5) is 14.6 Å².